The molecule has 1 unspecified atom stereocenters. The number of nitrogens with zero attached hydrogens (tertiary/aromatic N) is 1. The lowest BCUT2D eigenvalue weighted by atomic mass is 10.0. The number of barbiturate groups is 1. The summed E-state index contributed by atoms with van der Waals surface area (Å²) in [5, 5.41) is 2.01. The monoisotopic (exact) mass is 256 g/mol. The zero-order chi connectivity index (χ0) is 13.9. The Labute approximate surface area is 104 Å². The van der Waals surface area contributed by atoms with E-state index in [2.05, 4.69) is 4.74 Å². The summed E-state index contributed by atoms with van der Waals surface area (Å²) in [6.07, 6.45) is -0.142. The zero-order valence-corrected chi connectivity index (χ0v) is 10.6. The number of urea groups is 1. The molecule has 0 aromatic carbocycles. The number of amides is 4. The van der Waals surface area contributed by atoms with E-state index in [-0.39, 0.29) is 5.92 Å². The van der Waals surface area contributed by atoms with Crippen molar-refractivity contribution in [2.75, 3.05) is 7.11 Å². The van der Waals surface area contributed by atoms with Crippen molar-refractivity contribution in [1.82, 2.24) is 10.2 Å². The van der Waals surface area contributed by atoms with Gasteiger partial charge in [0.05, 0.1) is 7.11 Å². The third-order valence-electron chi connectivity index (χ3n) is 2.53. The average Bonchev–Trinajstić information content (AvgIpc) is 2.24. The van der Waals surface area contributed by atoms with Gasteiger partial charge in [0, 0.05) is 0 Å². The van der Waals surface area contributed by atoms with Crippen LogP contribution in [0, 0.1) is 5.92 Å². The normalized spacial score (nSPS) is 17.8. The van der Waals surface area contributed by atoms with Crippen molar-refractivity contribution in [3.05, 3.63) is 0 Å². The smallest absolute Gasteiger partial charge is 0.331 e. The molecule has 0 spiro atoms. The maximum atomic E-state index is 11.7. The molecule has 0 aromatic heterocycles. The van der Waals surface area contributed by atoms with Crippen molar-refractivity contribution in [2.24, 2.45) is 5.92 Å². The van der Waals surface area contributed by atoms with Crippen LogP contribution in [0.5, 0.6) is 0 Å². The van der Waals surface area contributed by atoms with E-state index < -0.39 is 36.3 Å². The molecular weight excluding hydrogens is 240 g/mol. The second-order valence-electron chi connectivity index (χ2n) is 4.46. The number of carbonyl (C=O) groups excluding carboxylic acids is 4. The van der Waals surface area contributed by atoms with E-state index in [0.29, 0.717) is 6.42 Å². The Morgan fingerprint density at radius 3 is 2.44 bits per heavy atom. The molecule has 1 saturated heterocycles. The fourth-order valence-electron chi connectivity index (χ4n) is 1.76. The highest BCUT2D eigenvalue weighted by molar-refractivity contribution is 6.15. The van der Waals surface area contributed by atoms with Crippen molar-refractivity contribution < 1.29 is 23.9 Å². The van der Waals surface area contributed by atoms with E-state index in [1.807, 2.05) is 19.2 Å². The first kappa shape index (κ1) is 14.1. The van der Waals surface area contributed by atoms with Crippen LogP contribution in [-0.4, -0.2) is 41.9 Å². The summed E-state index contributed by atoms with van der Waals surface area (Å²) < 4.78 is 4.59. The summed E-state index contributed by atoms with van der Waals surface area (Å²) in [5.74, 6) is -1.91. The molecule has 4 amide bonds. The molecule has 1 heterocycles. The van der Waals surface area contributed by atoms with Crippen LogP contribution < -0.4 is 5.32 Å². The van der Waals surface area contributed by atoms with E-state index in [9.17, 15) is 19.2 Å². The number of rotatable bonds is 4. The minimum atomic E-state index is -0.990. The number of nitrogens with one attached hydrogen (secondary N) is 1. The lowest BCUT2D eigenvalue weighted by Crippen LogP contribution is -2.59. The molecule has 1 rings (SSSR count). The first-order chi connectivity index (χ1) is 8.36. The van der Waals surface area contributed by atoms with Crippen molar-refractivity contribution in [3.8, 4) is 0 Å². The Hall–Kier alpha value is -1.92. The van der Waals surface area contributed by atoms with Gasteiger partial charge in [0.1, 0.15) is 12.5 Å². The van der Waals surface area contributed by atoms with Gasteiger partial charge in [0.15, 0.2) is 0 Å². The van der Waals surface area contributed by atoms with Crippen LogP contribution in [0.2, 0.25) is 0 Å². The minimum Gasteiger partial charge on any atom is -0.467 e. The molecular formula is C11H16N2O5. The number of esters is 1. The van der Waals surface area contributed by atoms with Crippen LogP contribution in [0.15, 0.2) is 0 Å². The third-order valence-corrected chi connectivity index (χ3v) is 2.53. The van der Waals surface area contributed by atoms with Crippen molar-refractivity contribution in [3.63, 3.8) is 0 Å². The molecule has 0 aliphatic carbocycles. The maximum absolute atomic E-state index is 11.7. The van der Waals surface area contributed by atoms with Gasteiger partial charge in [-0.05, 0) is 12.3 Å². The lowest BCUT2D eigenvalue weighted by Gasteiger charge is -2.31. The number of ether oxygens (including phenoxy) is 1. The summed E-state index contributed by atoms with van der Waals surface area (Å²) in [4.78, 5) is 46.7. The molecule has 0 saturated carbocycles. The molecule has 0 radical (unpaired) electrons. The fourth-order valence-corrected chi connectivity index (χ4v) is 1.76. The highest BCUT2D eigenvalue weighted by Crippen LogP contribution is 2.16. The summed E-state index contributed by atoms with van der Waals surface area (Å²) >= 11 is 0. The van der Waals surface area contributed by atoms with Gasteiger partial charge < -0.3 is 4.74 Å². The number of hydrogen-bond acceptors (Lipinski definition) is 5. The zero-order valence-electron chi connectivity index (χ0n) is 10.6. The van der Waals surface area contributed by atoms with E-state index >= 15 is 0 Å². The molecule has 1 aliphatic rings. The Kier molecular flexibility index (Phi) is 4.41. The van der Waals surface area contributed by atoms with Gasteiger partial charge in [0.2, 0.25) is 11.8 Å². The summed E-state index contributed by atoms with van der Waals surface area (Å²) in [7, 11) is 1.19. The van der Waals surface area contributed by atoms with E-state index in [4.69, 9.17) is 0 Å². The number of imide groups is 2. The van der Waals surface area contributed by atoms with Crippen LogP contribution >= 0.6 is 0 Å². The standard InChI is InChI=1S/C11H16N2O5/c1-6(2)4-7(10(16)18-3)13-9(15)5-8(14)12-11(13)17/h6-7H,4-5H2,1-3H3,(H,12,14,17). The van der Waals surface area contributed by atoms with Crippen LogP contribution in [0.25, 0.3) is 0 Å². The van der Waals surface area contributed by atoms with Gasteiger partial charge in [-0.1, -0.05) is 13.8 Å². The Morgan fingerprint density at radius 1 is 1.39 bits per heavy atom. The van der Waals surface area contributed by atoms with Crippen molar-refractivity contribution in [2.45, 2.75) is 32.7 Å². The predicted molar refractivity (Wildman–Crippen MR) is 60.3 cm³/mol. The fraction of sp³-hybridized carbons (Fsp3) is 0.636. The van der Waals surface area contributed by atoms with Gasteiger partial charge >= 0.3 is 12.0 Å². The van der Waals surface area contributed by atoms with Crippen LogP contribution in [0.4, 0.5) is 4.79 Å². The topological polar surface area (TPSA) is 92.8 Å². The number of methoxy groups -OCH3 is 1. The summed E-state index contributed by atoms with van der Waals surface area (Å²) in [6, 6.07) is -1.86. The van der Waals surface area contributed by atoms with E-state index in [1.165, 1.54) is 7.11 Å². The Morgan fingerprint density at radius 2 is 2.00 bits per heavy atom. The first-order valence-electron chi connectivity index (χ1n) is 5.60. The molecule has 1 N–H and O–H groups in total. The highest BCUT2D eigenvalue weighted by atomic mass is 16.5. The van der Waals surface area contributed by atoms with E-state index in [1.54, 1.807) is 0 Å². The largest absolute Gasteiger partial charge is 0.467 e. The van der Waals surface area contributed by atoms with Gasteiger partial charge in [-0.2, -0.15) is 0 Å². The number of carbonyl (C=O) groups is 4. The summed E-state index contributed by atoms with van der Waals surface area (Å²) in [6.45, 7) is 3.71. The van der Waals surface area contributed by atoms with Gasteiger partial charge in [0.25, 0.3) is 0 Å². The van der Waals surface area contributed by atoms with Crippen LogP contribution in [0.3, 0.4) is 0 Å². The van der Waals surface area contributed by atoms with E-state index in [0.717, 1.165) is 4.90 Å². The molecule has 7 heteroatoms. The van der Waals surface area contributed by atoms with Crippen molar-refractivity contribution >= 4 is 23.8 Å². The second kappa shape index (κ2) is 5.61. The molecule has 1 fully saturated rings. The van der Waals surface area contributed by atoms with Crippen molar-refractivity contribution in [1.29, 1.82) is 0 Å². The Balaban J connectivity index is 2.96. The SMILES string of the molecule is COC(=O)C(CC(C)C)N1C(=O)CC(=O)NC1=O. The Bertz CT molecular complexity index is 371. The average molecular weight is 256 g/mol. The second-order valence-corrected chi connectivity index (χ2v) is 4.46. The molecule has 0 aromatic rings. The first-order valence-corrected chi connectivity index (χ1v) is 5.60. The quantitative estimate of drug-likeness (QED) is 0.566. The molecule has 7 nitrogen and oxygen atoms in total. The molecule has 18 heavy (non-hydrogen) atoms. The molecule has 1 aliphatic heterocycles. The van der Waals surface area contributed by atoms with Gasteiger partial charge in [-0.25, -0.2) is 14.5 Å². The van der Waals surface area contributed by atoms with Crippen LogP contribution in [0.1, 0.15) is 26.7 Å². The van der Waals surface area contributed by atoms with Gasteiger partial charge in [-0.3, -0.25) is 14.9 Å². The minimum absolute atomic E-state index is 0.0901. The molecule has 1 atom stereocenters. The predicted octanol–water partition coefficient (Wildman–Crippen LogP) is 0.0426. The molecule has 100 valence electrons. The van der Waals surface area contributed by atoms with Gasteiger partial charge in [-0.15, -0.1) is 0 Å². The molecule has 0 bridgehead atoms. The summed E-state index contributed by atoms with van der Waals surface area (Å²) in [5.41, 5.74) is 0. The highest BCUT2D eigenvalue weighted by Gasteiger charge is 2.40. The van der Waals surface area contributed by atoms with Crippen LogP contribution in [-0.2, 0) is 19.1 Å². The lowest BCUT2D eigenvalue weighted by molar-refractivity contribution is -0.153. The maximum Gasteiger partial charge on any atom is 0.331 e. The third kappa shape index (κ3) is 3.06. The number of hydrogen-bond donors (Lipinski definition) is 1.